The lowest BCUT2D eigenvalue weighted by molar-refractivity contribution is 0.418. The fourth-order valence-electron chi connectivity index (χ4n) is 2.83. The minimum absolute atomic E-state index is 0.628. The molecule has 4 heteroatoms. The van der Waals surface area contributed by atoms with Gasteiger partial charge in [0.2, 0.25) is 0 Å². The highest BCUT2D eigenvalue weighted by atomic mass is 16.5. The molecule has 0 radical (unpaired) electrons. The van der Waals surface area contributed by atoms with Gasteiger partial charge in [0.1, 0.15) is 11.3 Å². The summed E-state index contributed by atoms with van der Waals surface area (Å²) >= 11 is 0. The van der Waals surface area contributed by atoms with Crippen LogP contribution in [0.25, 0.3) is 39.0 Å². The van der Waals surface area contributed by atoms with Crippen molar-refractivity contribution in [1.82, 2.24) is 9.97 Å². The zero-order chi connectivity index (χ0) is 14.4. The molecule has 2 heterocycles. The van der Waals surface area contributed by atoms with Gasteiger partial charge in [0.25, 0.3) is 0 Å². The van der Waals surface area contributed by atoms with Crippen molar-refractivity contribution in [2.45, 2.75) is 0 Å². The molecule has 21 heavy (non-hydrogen) atoms. The van der Waals surface area contributed by atoms with Crippen LogP contribution in [-0.2, 0) is 0 Å². The van der Waals surface area contributed by atoms with Crippen LogP contribution in [0, 0.1) is 0 Å². The van der Waals surface area contributed by atoms with Crippen LogP contribution in [-0.4, -0.2) is 22.2 Å². The van der Waals surface area contributed by atoms with E-state index in [0.717, 1.165) is 39.0 Å². The van der Waals surface area contributed by atoms with Crippen LogP contribution >= 0.6 is 0 Å². The lowest BCUT2D eigenvalue weighted by Crippen LogP contribution is -2.07. The predicted molar refractivity (Wildman–Crippen MR) is 83.4 cm³/mol. The summed E-state index contributed by atoms with van der Waals surface area (Å²) in [5, 5.41) is 13.2. The molecule has 2 aromatic heterocycles. The number of ether oxygens (including phenoxy) is 1. The third-order valence-corrected chi connectivity index (χ3v) is 3.77. The van der Waals surface area contributed by atoms with E-state index in [1.54, 1.807) is 19.4 Å². The van der Waals surface area contributed by atoms with E-state index in [9.17, 15) is 5.11 Å². The summed E-state index contributed by atoms with van der Waals surface area (Å²) in [7, 11) is 1.60. The van der Waals surface area contributed by atoms with E-state index in [1.165, 1.54) is 0 Å². The third kappa shape index (κ3) is 1.56. The molecule has 0 spiro atoms. The Kier molecular flexibility index (Phi) is 2.44. The molecule has 0 unspecified atom stereocenters. The van der Waals surface area contributed by atoms with Gasteiger partial charge in [-0.05, 0) is 23.6 Å². The van der Waals surface area contributed by atoms with Crippen molar-refractivity contribution in [2.75, 3.05) is 7.11 Å². The highest BCUT2D eigenvalue weighted by Gasteiger charge is 2.13. The summed E-state index contributed by atoms with van der Waals surface area (Å²) in [6, 6.07) is 11.7. The summed E-state index contributed by atoms with van der Waals surface area (Å²) in [6.07, 6.45) is 2.83. The Bertz CT molecular complexity index is 1040. The normalized spacial score (nSPS) is 12.5. The van der Waals surface area contributed by atoms with Gasteiger partial charge in [-0.3, -0.25) is 4.98 Å². The van der Waals surface area contributed by atoms with Crippen LogP contribution in [0.2, 0.25) is 0 Å². The number of fused-ring (bicyclic) bond motifs is 2. The average molecular weight is 276 g/mol. The number of aromatic nitrogens is 2. The van der Waals surface area contributed by atoms with Crippen molar-refractivity contribution >= 4 is 39.0 Å². The van der Waals surface area contributed by atoms with Gasteiger partial charge in [-0.2, -0.15) is 0 Å². The summed E-state index contributed by atoms with van der Waals surface area (Å²) in [5.74, 6) is 0.630. The monoisotopic (exact) mass is 276 g/mol. The predicted octanol–water partition coefficient (Wildman–Crippen LogP) is 2.96. The molecule has 2 aromatic carbocycles. The summed E-state index contributed by atoms with van der Waals surface area (Å²) in [4.78, 5) is 9.11. The smallest absolute Gasteiger partial charge is 0.145 e. The second kappa shape index (κ2) is 4.31. The first-order chi connectivity index (χ1) is 10.3. The van der Waals surface area contributed by atoms with Crippen molar-refractivity contribution in [3.8, 4) is 5.75 Å². The molecule has 4 aromatic rings. The molecule has 0 amide bonds. The Morgan fingerprint density at radius 3 is 2.76 bits per heavy atom. The van der Waals surface area contributed by atoms with Crippen LogP contribution in [0.15, 0.2) is 42.6 Å². The van der Waals surface area contributed by atoms with Crippen LogP contribution < -0.4 is 9.96 Å². The third-order valence-electron chi connectivity index (χ3n) is 3.77. The number of hydrogen-bond donors (Lipinski definition) is 1. The maximum Gasteiger partial charge on any atom is 0.145 e. The Morgan fingerprint density at radius 1 is 1.10 bits per heavy atom. The first-order valence-corrected chi connectivity index (χ1v) is 6.61. The van der Waals surface area contributed by atoms with E-state index in [2.05, 4.69) is 9.97 Å². The molecule has 0 saturated heterocycles. The van der Waals surface area contributed by atoms with E-state index in [-0.39, 0.29) is 0 Å². The standard InChI is InChI=1S/C17H12N2O2/c1-21-14-8-10(9-20)16-15-12(6-7-18-17(14)15)11-4-2-3-5-13(11)19-16/h2-9,20H,1H3/b10-9+. The first kappa shape index (κ1) is 11.9. The molecule has 4 nitrogen and oxygen atoms in total. The van der Waals surface area contributed by atoms with Crippen molar-refractivity contribution in [3.63, 3.8) is 0 Å². The van der Waals surface area contributed by atoms with Crippen molar-refractivity contribution in [1.29, 1.82) is 0 Å². The van der Waals surface area contributed by atoms with E-state index in [0.29, 0.717) is 11.0 Å². The van der Waals surface area contributed by atoms with Crippen molar-refractivity contribution in [2.24, 2.45) is 0 Å². The number of aliphatic hydroxyl groups is 1. The van der Waals surface area contributed by atoms with Crippen molar-refractivity contribution in [3.05, 3.63) is 47.8 Å². The van der Waals surface area contributed by atoms with Gasteiger partial charge >= 0.3 is 0 Å². The minimum Gasteiger partial charge on any atom is -0.515 e. The summed E-state index contributed by atoms with van der Waals surface area (Å²) in [5.41, 5.74) is 2.38. The molecule has 0 aliphatic carbocycles. The van der Waals surface area contributed by atoms with Gasteiger partial charge < -0.3 is 9.84 Å². The lowest BCUT2D eigenvalue weighted by atomic mass is 10.0. The molecule has 0 aliphatic heterocycles. The lowest BCUT2D eigenvalue weighted by Gasteiger charge is -2.11. The number of nitrogens with zero attached hydrogens (tertiary/aromatic N) is 2. The number of methoxy groups -OCH3 is 1. The Hall–Kier alpha value is -2.88. The zero-order valence-corrected chi connectivity index (χ0v) is 11.4. The van der Waals surface area contributed by atoms with Gasteiger partial charge in [0.15, 0.2) is 0 Å². The molecule has 0 aliphatic rings. The first-order valence-electron chi connectivity index (χ1n) is 6.61. The largest absolute Gasteiger partial charge is 0.515 e. The SMILES string of the molecule is COc1c/c(=C\O)c2nc3ccccc3c3ccnc1c23. The Morgan fingerprint density at radius 2 is 1.95 bits per heavy atom. The fourth-order valence-corrected chi connectivity index (χ4v) is 2.83. The molecule has 0 saturated carbocycles. The topological polar surface area (TPSA) is 55.2 Å². The maximum absolute atomic E-state index is 9.53. The molecule has 4 rings (SSSR count). The second-order valence-corrected chi connectivity index (χ2v) is 4.86. The maximum atomic E-state index is 9.53. The van der Waals surface area contributed by atoms with E-state index >= 15 is 0 Å². The number of hydrogen-bond acceptors (Lipinski definition) is 4. The number of benzene rings is 2. The molecular formula is C17H12N2O2. The van der Waals surface area contributed by atoms with Crippen molar-refractivity contribution < 1.29 is 9.84 Å². The number of pyridine rings is 2. The van der Waals surface area contributed by atoms with Gasteiger partial charge in [0.05, 0.1) is 24.4 Å². The Balaban J connectivity index is 2.42. The number of rotatable bonds is 1. The van der Waals surface area contributed by atoms with Gasteiger partial charge in [-0.15, -0.1) is 0 Å². The summed E-state index contributed by atoms with van der Waals surface area (Å²) < 4.78 is 5.40. The molecule has 1 N–H and O–H groups in total. The highest BCUT2D eigenvalue weighted by molar-refractivity contribution is 6.18. The van der Waals surface area contributed by atoms with Crippen LogP contribution in [0.4, 0.5) is 0 Å². The molecule has 0 bridgehead atoms. The number of aliphatic hydroxyl groups excluding tert-OH is 1. The molecule has 0 fully saturated rings. The van der Waals surface area contributed by atoms with Gasteiger partial charge in [-0.1, -0.05) is 18.2 Å². The van der Waals surface area contributed by atoms with E-state index < -0.39 is 0 Å². The Labute approximate surface area is 120 Å². The quantitative estimate of drug-likeness (QED) is 0.429. The van der Waals surface area contributed by atoms with Gasteiger partial charge in [-0.25, -0.2) is 4.98 Å². The summed E-state index contributed by atoms with van der Waals surface area (Å²) in [6.45, 7) is 0. The van der Waals surface area contributed by atoms with Crippen LogP contribution in [0.1, 0.15) is 0 Å². The van der Waals surface area contributed by atoms with Crippen LogP contribution in [0.3, 0.4) is 0 Å². The molecule has 102 valence electrons. The number of para-hydroxylation sites is 1. The second-order valence-electron chi connectivity index (χ2n) is 4.86. The molecule has 0 atom stereocenters. The zero-order valence-electron chi connectivity index (χ0n) is 11.4. The molecular weight excluding hydrogens is 264 g/mol. The minimum atomic E-state index is 0.628. The van der Waals surface area contributed by atoms with Gasteiger partial charge in [0, 0.05) is 22.2 Å². The highest BCUT2D eigenvalue weighted by Crippen LogP contribution is 2.32. The average Bonchev–Trinajstić information content (AvgIpc) is 2.55. The van der Waals surface area contributed by atoms with E-state index in [1.807, 2.05) is 30.3 Å². The van der Waals surface area contributed by atoms with Crippen LogP contribution in [0.5, 0.6) is 5.75 Å². The fraction of sp³-hybridized carbons (Fsp3) is 0.0588. The van der Waals surface area contributed by atoms with E-state index in [4.69, 9.17) is 4.74 Å².